The third-order valence-corrected chi connectivity index (χ3v) is 4.55. The molecular weight excluding hydrogens is 350 g/mol. The summed E-state index contributed by atoms with van der Waals surface area (Å²) in [5.74, 6) is 0.681. The second-order valence-electron chi connectivity index (χ2n) is 6.34. The lowest BCUT2D eigenvalue weighted by molar-refractivity contribution is 0.312. The third-order valence-electron chi connectivity index (χ3n) is 4.55. The van der Waals surface area contributed by atoms with Gasteiger partial charge < -0.3 is 9.64 Å². The summed E-state index contributed by atoms with van der Waals surface area (Å²) in [7, 11) is 1.63. The van der Waals surface area contributed by atoms with Crippen LogP contribution >= 0.6 is 0 Å². The van der Waals surface area contributed by atoms with E-state index in [2.05, 4.69) is 28.7 Å². The Morgan fingerprint density at radius 2 is 1.93 bits per heavy atom. The molecule has 1 aromatic carbocycles. The molecule has 1 aliphatic rings. The molecule has 0 saturated carbocycles. The van der Waals surface area contributed by atoms with Gasteiger partial charge in [-0.25, -0.2) is 0 Å². The van der Waals surface area contributed by atoms with E-state index >= 15 is 0 Å². The van der Waals surface area contributed by atoms with Gasteiger partial charge in [-0.1, -0.05) is 36.9 Å². The molecule has 3 heterocycles. The van der Waals surface area contributed by atoms with Crippen molar-refractivity contribution in [1.82, 2.24) is 14.8 Å². The number of allylic oxidation sites excluding steroid dienone is 1. The zero-order valence-electron chi connectivity index (χ0n) is 15.6. The molecule has 3 aromatic rings. The second kappa shape index (κ2) is 7.92. The van der Waals surface area contributed by atoms with Crippen LogP contribution in [0.25, 0.3) is 6.08 Å². The number of hydrogen-bond donors (Lipinski definition) is 0. The fourth-order valence-corrected chi connectivity index (χ4v) is 3.14. The Labute approximate surface area is 164 Å². The minimum Gasteiger partial charge on any atom is -0.494 e. The van der Waals surface area contributed by atoms with E-state index in [1.165, 1.54) is 5.56 Å². The topological polar surface area (TPSA) is 55.5 Å². The average Bonchev–Trinajstić information content (AvgIpc) is 3.17. The van der Waals surface area contributed by atoms with E-state index in [-0.39, 0.29) is 6.17 Å². The number of aromatic nitrogens is 3. The van der Waals surface area contributed by atoms with Crippen LogP contribution in [0.5, 0.6) is 0 Å². The van der Waals surface area contributed by atoms with Crippen molar-refractivity contribution in [3.63, 3.8) is 0 Å². The highest BCUT2D eigenvalue weighted by Gasteiger charge is 2.25. The molecule has 6 heteroatoms. The van der Waals surface area contributed by atoms with Crippen molar-refractivity contribution in [3.8, 4) is 0 Å². The SMILES string of the molecule is C=Cc1cc(C2N=CC(OC)=CN2c2ccncc2)nn1Cc1ccccc1. The molecule has 0 aliphatic carbocycles. The maximum absolute atomic E-state index is 5.37. The van der Waals surface area contributed by atoms with Crippen molar-refractivity contribution in [1.29, 1.82) is 0 Å². The highest BCUT2D eigenvalue weighted by atomic mass is 16.5. The molecular formula is C22H21N5O. The van der Waals surface area contributed by atoms with Crippen LogP contribution < -0.4 is 4.90 Å². The lowest BCUT2D eigenvalue weighted by Gasteiger charge is -2.29. The number of rotatable bonds is 6. The predicted octanol–water partition coefficient (Wildman–Crippen LogP) is 4.05. The predicted molar refractivity (Wildman–Crippen MR) is 111 cm³/mol. The summed E-state index contributed by atoms with van der Waals surface area (Å²) in [4.78, 5) is 10.8. The maximum Gasteiger partial charge on any atom is 0.170 e. The number of hydrogen-bond acceptors (Lipinski definition) is 5. The first-order valence-corrected chi connectivity index (χ1v) is 9.00. The van der Waals surface area contributed by atoms with E-state index in [0.717, 1.165) is 17.1 Å². The zero-order valence-corrected chi connectivity index (χ0v) is 15.6. The molecule has 0 amide bonds. The second-order valence-corrected chi connectivity index (χ2v) is 6.34. The molecule has 140 valence electrons. The van der Waals surface area contributed by atoms with Gasteiger partial charge in [0.2, 0.25) is 0 Å². The molecule has 1 atom stereocenters. The first-order chi connectivity index (χ1) is 13.8. The number of benzene rings is 1. The number of aliphatic imine (C=N–C) groups is 1. The lowest BCUT2D eigenvalue weighted by Crippen LogP contribution is -2.26. The molecule has 0 bridgehead atoms. The first kappa shape index (κ1) is 17.7. The summed E-state index contributed by atoms with van der Waals surface area (Å²) in [6, 6.07) is 16.1. The largest absolute Gasteiger partial charge is 0.494 e. The first-order valence-electron chi connectivity index (χ1n) is 9.00. The number of anilines is 1. The Bertz CT molecular complexity index is 1010. The van der Waals surface area contributed by atoms with Gasteiger partial charge in [-0.2, -0.15) is 5.10 Å². The molecule has 1 unspecified atom stereocenters. The average molecular weight is 371 g/mol. The minimum absolute atomic E-state index is 0.294. The van der Waals surface area contributed by atoms with E-state index < -0.39 is 0 Å². The van der Waals surface area contributed by atoms with Crippen LogP contribution in [0.3, 0.4) is 0 Å². The van der Waals surface area contributed by atoms with Gasteiger partial charge in [0.05, 0.1) is 31.8 Å². The summed E-state index contributed by atoms with van der Waals surface area (Å²) in [5, 5.41) is 4.83. The molecule has 4 rings (SSSR count). The molecule has 0 fully saturated rings. The Hall–Kier alpha value is -3.67. The van der Waals surface area contributed by atoms with Gasteiger partial charge >= 0.3 is 0 Å². The van der Waals surface area contributed by atoms with Gasteiger partial charge in [0, 0.05) is 18.1 Å². The molecule has 6 nitrogen and oxygen atoms in total. The van der Waals surface area contributed by atoms with E-state index in [1.54, 1.807) is 25.7 Å². The van der Waals surface area contributed by atoms with Crippen LogP contribution in [0.15, 0.2) is 84.5 Å². The third kappa shape index (κ3) is 3.57. The fourth-order valence-electron chi connectivity index (χ4n) is 3.14. The Balaban J connectivity index is 1.70. The summed E-state index contributed by atoms with van der Waals surface area (Å²) < 4.78 is 7.32. The molecule has 0 saturated heterocycles. The summed E-state index contributed by atoms with van der Waals surface area (Å²) >= 11 is 0. The standard InChI is InChI=1S/C22H21N5O/c1-3-18-13-21(25-27(18)15-17-7-5-4-6-8-17)22-24-14-20(28-2)16-26(22)19-9-11-23-12-10-19/h3-14,16,22H,1,15H2,2H3. The van der Waals surface area contributed by atoms with Crippen LogP contribution in [0.4, 0.5) is 5.69 Å². The Morgan fingerprint density at radius 1 is 1.14 bits per heavy atom. The highest BCUT2D eigenvalue weighted by Crippen LogP contribution is 2.31. The molecule has 0 spiro atoms. The van der Waals surface area contributed by atoms with Crippen LogP contribution in [-0.2, 0) is 11.3 Å². The molecule has 0 radical (unpaired) electrons. The van der Waals surface area contributed by atoms with Crippen molar-refractivity contribution in [2.24, 2.45) is 4.99 Å². The maximum atomic E-state index is 5.37. The van der Waals surface area contributed by atoms with Gasteiger partial charge in [-0.3, -0.25) is 14.7 Å². The van der Waals surface area contributed by atoms with Crippen LogP contribution in [-0.4, -0.2) is 28.1 Å². The quantitative estimate of drug-likeness (QED) is 0.656. The summed E-state index contributed by atoms with van der Waals surface area (Å²) in [6.45, 7) is 4.61. The fraction of sp³-hybridized carbons (Fsp3) is 0.136. The summed E-state index contributed by atoms with van der Waals surface area (Å²) in [5.41, 5.74) is 3.93. The Morgan fingerprint density at radius 3 is 2.64 bits per heavy atom. The van der Waals surface area contributed by atoms with Crippen molar-refractivity contribution in [3.05, 3.63) is 96.4 Å². The van der Waals surface area contributed by atoms with E-state index in [0.29, 0.717) is 12.3 Å². The number of methoxy groups -OCH3 is 1. The summed E-state index contributed by atoms with van der Waals surface area (Å²) in [6.07, 6.45) is 8.70. The number of nitrogens with zero attached hydrogens (tertiary/aromatic N) is 5. The van der Waals surface area contributed by atoms with Crippen LogP contribution in [0, 0.1) is 0 Å². The molecule has 1 aliphatic heterocycles. The van der Waals surface area contributed by atoms with Crippen molar-refractivity contribution < 1.29 is 4.74 Å². The lowest BCUT2D eigenvalue weighted by atomic mass is 10.2. The molecule has 28 heavy (non-hydrogen) atoms. The number of ether oxygens (including phenoxy) is 1. The van der Waals surface area contributed by atoms with Crippen molar-refractivity contribution in [2.75, 3.05) is 12.0 Å². The van der Waals surface area contributed by atoms with Crippen LogP contribution in [0.2, 0.25) is 0 Å². The zero-order chi connectivity index (χ0) is 19.3. The van der Waals surface area contributed by atoms with Gasteiger partial charge in [-0.15, -0.1) is 0 Å². The minimum atomic E-state index is -0.294. The highest BCUT2D eigenvalue weighted by molar-refractivity contribution is 5.79. The van der Waals surface area contributed by atoms with Crippen molar-refractivity contribution >= 4 is 18.0 Å². The van der Waals surface area contributed by atoms with Crippen molar-refractivity contribution in [2.45, 2.75) is 12.7 Å². The van der Waals surface area contributed by atoms with Crippen LogP contribution in [0.1, 0.15) is 23.1 Å². The van der Waals surface area contributed by atoms with Gasteiger partial charge in [-0.05, 0) is 29.8 Å². The van der Waals surface area contributed by atoms with E-state index in [9.17, 15) is 0 Å². The van der Waals surface area contributed by atoms with Gasteiger partial charge in [0.25, 0.3) is 0 Å². The monoisotopic (exact) mass is 371 g/mol. The number of pyridine rings is 1. The Kier molecular flexibility index (Phi) is 5.01. The smallest absolute Gasteiger partial charge is 0.170 e. The van der Waals surface area contributed by atoms with E-state index in [4.69, 9.17) is 9.84 Å². The normalized spacial score (nSPS) is 16.0. The molecule has 2 aromatic heterocycles. The van der Waals surface area contributed by atoms with E-state index in [1.807, 2.05) is 58.3 Å². The van der Waals surface area contributed by atoms with Gasteiger partial charge in [0.15, 0.2) is 11.9 Å². The van der Waals surface area contributed by atoms with Gasteiger partial charge in [0.1, 0.15) is 5.69 Å². The molecule has 0 N–H and O–H groups in total.